The van der Waals surface area contributed by atoms with Gasteiger partial charge in [-0.05, 0) is 54.5 Å². The van der Waals surface area contributed by atoms with Gasteiger partial charge in [-0.3, -0.25) is 0 Å². The minimum Gasteiger partial charge on any atom is -0.490 e. The van der Waals surface area contributed by atoms with E-state index in [0.29, 0.717) is 19.6 Å². The van der Waals surface area contributed by atoms with Gasteiger partial charge in [-0.15, -0.1) is 11.8 Å². The average molecular weight is 326 g/mol. The molecule has 104 valence electrons. The number of nitrogens with one attached hydrogen (secondary N) is 1. The molecule has 0 heterocycles. The Bertz CT molecular complexity index is 463. The van der Waals surface area contributed by atoms with E-state index in [9.17, 15) is 0 Å². The highest BCUT2D eigenvalue weighted by Gasteiger charge is 2.11. The molecule has 0 saturated heterocycles. The molecule has 0 fully saturated rings. The Morgan fingerprint density at radius 3 is 2.74 bits per heavy atom. The number of rotatable bonds is 7. The summed E-state index contributed by atoms with van der Waals surface area (Å²) in [5.74, 6) is 7.35. The number of benzene rings is 1. The van der Waals surface area contributed by atoms with Crippen LogP contribution in [0.4, 0.5) is 0 Å². The van der Waals surface area contributed by atoms with E-state index in [1.807, 2.05) is 33.0 Å². The molecule has 1 rings (SSSR count). The second-order valence-electron chi connectivity index (χ2n) is 3.89. The zero-order chi connectivity index (χ0) is 14.1. The molecule has 0 aromatic heterocycles. The summed E-state index contributed by atoms with van der Waals surface area (Å²) < 4.78 is 12.3. The molecule has 0 unspecified atom stereocenters. The van der Waals surface area contributed by atoms with Gasteiger partial charge in [-0.25, -0.2) is 0 Å². The van der Waals surface area contributed by atoms with E-state index in [1.165, 1.54) is 0 Å². The van der Waals surface area contributed by atoms with E-state index in [2.05, 4.69) is 33.1 Å². The third kappa shape index (κ3) is 5.14. The first-order valence-corrected chi connectivity index (χ1v) is 7.14. The van der Waals surface area contributed by atoms with Crippen molar-refractivity contribution in [3.63, 3.8) is 0 Å². The predicted molar refractivity (Wildman–Crippen MR) is 81.6 cm³/mol. The van der Waals surface area contributed by atoms with Crippen molar-refractivity contribution in [1.82, 2.24) is 5.32 Å². The molecule has 0 atom stereocenters. The van der Waals surface area contributed by atoms with Crippen LogP contribution in [-0.2, 0) is 6.54 Å². The van der Waals surface area contributed by atoms with Gasteiger partial charge in [0.2, 0.25) is 0 Å². The van der Waals surface area contributed by atoms with Crippen molar-refractivity contribution in [3.05, 3.63) is 22.2 Å². The van der Waals surface area contributed by atoms with Crippen molar-refractivity contribution < 1.29 is 9.47 Å². The van der Waals surface area contributed by atoms with Crippen molar-refractivity contribution in [3.8, 4) is 23.3 Å². The number of hydrogen-bond donors (Lipinski definition) is 1. The van der Waals surface area contributed by atoms with Crippen LogP contribution in [0.3, 0.4) is 0 Å². The van der Waals surface area contributed by atoms with Crippen LogP contribution < -0.4 is 14.8 Å². The van der Waals surface area contributed by atoms with Gasteiger partial charge >= 0.3 is 0 Å². The van der Waals surface area contributed by atoms with E-state index in [4.69, 9.17) is 9.47 Å². The lowest BCUT2D eigenvalue weighted by molar-refractivity contribution is 0.280. The Morgan fingerprint density at radius 1 is 1.32 bits per heavy atom. The zero-order valence-electron chi connectivity index (χ0n) is 11.7. The van der Waals surface area contributed by atoms with Crippen molar-refractivity contribution in [2.45, 2.75) is 26.8 Å². The van der Waals surface area contributed by atoms with E-state index in [1.54, 1.807) is 0 Å². The van der Waals surface area contributed by atoms with E-state index in [0.717, 1.165) is 28.1 Å². The molecule has 0 aliphatic heterocycles. The molecule has 19 heavy (non-hydrogen) atoms. The molecule has 0 spiro atoms. The fourth-order valence-corrected chi connectivity index (χ4v) is 2.26. The minimum absolute atomic E-state index is 0.560. The third-order valence-corrected chi connectivity index (χ3v) is 2.99. The summed E-state index contributed by atoms with van der Waals surface area (Å²) in [4.78, 5) is 0. The number of hydrogen-bond acceptors (Lipinski definition) is 3. The van der Waals surface area contributed by atoms with Crippen molar-refractivity contribution in [1.29, 1.82) is 0 Å². The standard InChI is InChI=1S/C15H20BrNO2/c1-4-6-7-8-19-15-13(16)9-12(11-17-3)10-14(15)18-5-2/h9-10,17H,5,7-8,11H2,1-3H3. The van der Waals surface area contributed by atoms with Crippen LogP contribution in [0.1, 0.15) is 25.8 Å². The maximum Gasteiger partial charge on any atom is 0.175 e. The Morgan fingerprint density at radius 2 is 2.11 bits per heavy atom. The molecule has 3 nitrogen and oxygen atoms in total. The quantitative estimate of drug-likeness (QED) is 0.616. The highest BCUT2D eigenvalue weighted by atomic mass is 79.9. The molecule has 0 bridgehead atoms. The normalized spacial score (nSPS) is 9.68. The predicted octanol–water partition coefficient (Wildman–Crippen LogP) is 3.36. The van der Waals surface area contributed by atoms with E-state index >= 15 is 0 Å². The minimum atomic E-state index is 0.560. The highest BCUT2D eigenvalue weighted by Crippen LogP contribution is 2.37. The molecule has 0 radical (unpaired) electrons. The van der Waals surface area contributed by atoms with Crippen LogP contribution in [0.15, 0.2) is 16.6 Å². The second kappa shape index (κ2) is 8.84. The summed E-state index contributed by atoms with van der Waals surface area (Å²) in [5, 5.41) is 3.12. The van der Waals surface area contributed by atoms with Gasteiger partial charge in [0.25, 0.3) is 0 Å². The summed E-state index contributed by atoms with van der Waals surface area (Å²) in [5.41, 5.74) is 1.15. The van der Waals surface area contributed by atoms with Crippen LogP contribution in [0.25, 0.3) is 0 Å². The molecule has 1 aromatic carbocycles. The zero-order valence-corrected chi connectivity index (χ0v) is 13.3. The molecule has 1 aromatic rings. The molecule has 0 aliphatic rings. The molecular weight excluding hydrogens is 306 g/mol. The lowest BCUT2D eigenvalue weighted by atomic mass is 10.2. The monoisotopic (exact) mass is 325 g/mol. The van der Waals surface area contributed by atoms with Gasteiger partial charge in [0, 0.05) is 13.0 Å². The fourth-order valence-electron chi connectivity index (χ4n) is 1.66. The molecule has 0 saturated carbocycles. The Labute approximate surface area is 123 Å². The molecule has 0 aliphatic carbocycles. The van der Waals surface area contributed by atoms with Gasteiger partial charge < -0.3 is 14.8 Å². The first-order chi connectivity index (χ1) is 9.22. The maximum atomic E-state index is 5.76. The lowest BCUT2D eigenvalue weighted by Crippen LogP contribution is -2.07. The summed E-state index contributed by atoms with van der Waals surface area (Å²) in [6.07, 6.45) is 0.715. The number of ether oxygens (including phenoxy) is 2. The van der Waals surface area contributed by atoms with Crippen molar-refractivity contribution in [2.24, 2.45) is 0 Å². The van der Waals surface area contributed by atoms with E-state index in [-0.39, 0.29) is 0 Å². The van der Waals surface area contributed by atoms with Gasteiger partial charge in [0.1, 0.15) is 0 Å². The second-order valence-corrected chi connectivity index (χ2v) is 4.75. The maximum absolute atomic E-state index is 5.76. The third-order valence-electron chi connectivity index (χ3n) is 2.40. The van der Waals surface area contributed by atoms with Gasteiger partial charge in [-0.2, -0.15) is 0 Å². The first-order valence-electron chi connectivity index (χ1n) is 6.35. The van der Waals surface area contributed by atoms with Crippen molar-refractivity contribution >= 4 is 15.9 Å². The summed E-state index contributed by atoms with van der Waals surface area (Å²) in [6.45, 7) is 5.75. The van der Waals surface area contributed by atoms with Gasteiger partial charge in [0.15, 0.2) is 11.5 Å². The molecular formula is C15H20BrNO2. The average Bonchev–Trinajstić information content (AvgIpc) is 2.38. The Kier molecular flexibility index (Phi) is 7.39. The van der Waals surface area contributed by atoms with Crippen LogP contribution in [0.5, 0.6) is 11.5 Å². The molecule has 0 amide bonds. The van der Waals surface area contributed by atoms with Gasteiger partial charge in [0.05, 0.1) is 17.7 Å². The Balaban J connectivity index is 2.88. The van der Waals surface area contributed by atoms with E-state index < -0.39 is 0 Å². The topological polar surface area (TPSA) is 30.5 Å². The molecule has 1 N–H and O–H groups in total. The molecule has 4 heteroatoms. The van der Waals surface area contributed by atoms with Gasteiger partial charge in [-0.1, -0.05) is 0 Å². The first kappa shape index (κ1) is 15.9. The smallest absolute Gasteiger partial charge is 0.175 e. The van der Waals surface area contributed by atoms with Crippen LogP contribution in [-0.4, -0.2) is 20.3 Å². The van der Waals surface area contributed by atoms with Crippen LogP contribution in [0, 0.1) is 11.8 Å². The van der Waals surface area contributed by atoms with Crippen LogP contribution in [0.2, 0.25) is 0 Å². The number of halogens is 1. The fraction of sp³-hybridized carbons (Fsp3) is 0.467. The summed E-state index contributed by atoms with van der Waals surface area (Å²) >= 11 is 3.54. The highest BCUT2D eigenvalue weighted by molar-refractivity contribution is 9.10. The largest absolute Gasteiger partial charge is 0.490 e. The lowest BCUT2D eigenvalue weighted by Gasteiger charge is -2.15. The Hall–Kier alpha value is -1.18. The van der Waals surface area contributed by atoms with Crippen molar-refractivity contribution in [2.75, 3.05) is 20.3 Å². The summed E-state index contributed by atoms with van der Waals surface area (Å²) in [6, 6.07) is 4.05. The summed E-state index contributed by atoms with van der Waals surface area (Å²) in [7, 11) is 1.92. The SMILES string of the molecule is CC#CCCOc1c(Br)cc(CNC)cc1OCC. The van der Waals surface area contributed by atoms with Crippen LogP contribution >= 0.6 is 15.9 Å².